The van der Waals surface area contributed by atoms with Crippen LogP contribution in [0.4, 0.5) is 5.69 Å². The summed E-state index contributed by atoms with van der Waals surface area (Å²) in [5.74, 6) is 0.216. The van der Waals surface area contributed by atoms with Gasteiger partial charge in [0.05, 0.1) is 17.3 Å². The molecule has 0 saturated carbocycles. The van der Waals surface area contributed by atoms with E-state index < -0.39 is 0 Å². The van der Waals surface area contributed by atoms with Gasteiger partial charge >= 0.3 is 0 Å². The molecule has 0 fully saturated rings. The van der Waals surface area contributed by atoms with Crippen LogP contribution < -0.4 is 5.32 Å². The highest BCUT2D eigenvalue weighted by Gasteiger charge is 2.10. The molecule has 0 atom stereocenters. The molecular weight excluding hydrogens is 330 g/mol. The zero-order chi connectivity index (χ0) is 16.2. The molecule has 1 aromatic carbocycles. The van der Waals surface area contributed by atoms with E-state index in [2.05, 4.69) is 20.4 Å². The van der Waals surface area contributed by atoms with Crippen molar-refractivity contribution in [3.63, 3.8) is 0 Å². The Morgan fingerprint density at radius 3 is 3.04 bits per heavy atom. The summed E-state index contributed by atoms with van der Waals surface area (Å²) in [6, 6.07) is 7.77. The first kappa shape index (κ1) is 15.8. The van der Waals surface area contributed by atoms with Gasteiger partial charge in [0, 0.05) is 17.6 Å². The van der Waals surface area contributed by atoms with Gasteiger partial charge in [0.15, 0.2) is 5.65 Å². The summed E-state index contributed by atoms with van der Waals surface area (Å²) < 4.78 is 1.69. The van der Waals surface area contributed by atoms with E-state index in [-0.39, 0.29) is 11.7 Å². The van der Waals surface area contributed by atoms with Crippen molar-refractivity contribution in [3.8, 4) is 0 Å². The fraction of sp³-hybridized carbons (Fsp3) is 0.200. The Kier molecular flexibility index (Phi) is 4.82. The minimum Gasteiger partial charge on any atom is -0.325 e. The summed E-state index contributed by atoms with van der Waals surface area (Å²) in [7, 11) is 1.83. The number of carbonyl (C=O) groups is 1. The Hall–Kier alpha value is -2.06. The van der Waals surface area contributed by atoms with Crippen LogP contribution in [0.5, 0.6) is 0 Å². The van der Waals surface area contributed by atoms with Gasteiger partial charge in [-0.15, -0.1) is 11.8 Å². The SMILES string of the molecule is CSc1cccc(NC(=O)CSc2ncnc3c2cnn3C)c1. The Bertz CT molecular complexity index is 849. The second kappa shape index (κ2) is 7.01. The number of thioether (sulfide) groups is 2. The van der Waals surface area contributed by atoms with Crippen LogP contribution in [-0.2, 0) is 11.8 Å². The van der Waals surface area contributed by atoms with Gasteiger partial charge in [0.25, 0.3) is 0 Å². The maximum Gasteiger partial charge on any atom is 0.234 e. The topological polar surface area (TPSA) is 72.7 Å². The maximum absolute atomic E-state index is 12.1. The molecule has 0 aliphatic rings. The van der Waals surface area contributed by atoms with E-state index in [1.807, 2.05) is 37.6 Å². The lowest BCUT2D eigenvalue weighted by Gasteiger charge is -2.06. The predicted octanol–water partition coefficient (Wildman–Crippen LogP) is 2.82. The summed E-state index contributed by atoms with van der Waals surface area (Å²) in [6.45, 7) is 0. The Balaban J connectivity index is 1.66. The molecular formula is C15H15N5OS2. The predicted molar refractivity (Wildman–Crippen MR) is 93.9 cm³/mol. The van der Waals surface area contributed by atoms with Crippen molar-refractivity contribution in [1.29, 1.82) is 0 Å². The van der Waals surface area contributed by atoms with E-state index in [0.717, 1.165) is 26.6 Å². The number of hydrogen-bond donors (Lipinski definition) is 1. The Labute approximate surface area is 142 Å². The van der Waals surface area contributed by atoms with Gasteiger partial charge in [-0.3, -0.25) is 9.48 Å². The number of benzene rings is 1. The lowest BCUT2D eigenvalue weighted by atomic mass is 10.3. The largest absolute Gasteiger partial charge is 0.325 e. The fourth-order valence-electron chi connectivity index (χ4n) is 2.09. The Morgan fingerprint density at radius 1 is 1.35 bits per heavy atom. The highest BCUT2D eigenvalue weighted by molar-refractivity contribution is 8.00. The number of aryl methyl sites for hydroxylation is 1. The molecule has 0 aliphatic heterocycles. The summed E-state index contributed by atoms with van der Waals surface area (Å²) in [5.41, 5.74) is 1.56. The number of aromatic nitrogens is 4. The number of amides is 1. The minimum atomic E-state index is -0.0658. The standard InChI is InChI=1S/C15H15N5OS2/c1-20-14-12(7-18-20)15(17-9-16-14)23-8-13(21)19-10-4-3-5-11(6-10)22-2/h3-7,9H,8H2,1-2H3,(H,19,21). The monoisotopic (exact) mass is 345 g/mol. The molecule has 0 radical (unpaired) electrons. The maximum atomic E-state index is 12.1. The van der Waals surface area contributed by atoms with E-state index in [0.29, 0.717) is 0 Å². The molecule has 0 saturated heterocycles. The van der Waals surface area contributed by atoms with E-state index in [9.17, 15) is 4.79 Å². The Morgan fingerprint density at radius 2 is 2.22 bits per heavy atom. The van der Waals surface area contributed by atoms with Crippen LogP contribution in [0.2, 0.25) is 0 Å². The van der Waals surface area contributed by atoms with Gasteiger partial charge in [-0.25, -0.2) is 9.97 Å². The van der Waals surface area contributed by atoms with Crippen LogP contribution in [-0.4, -0.2) is 37.7 Å². The number of nitrogens with zero attached hydrogens (tertiary/aromatic N) is 4. The molecule has 0 unspecified atom stereocenters. The molecule has 0 aliphatic carbocycles. The molecule has 3 aromatic rings. The molecule has 3 rings (SSSR count). The molecule has 8 heteroatoms. The first-order valence-corrected chi connectivity index (χ1v) is 9.08. The lowest BCUT2D eigenvalue weighted by Crippen LogP contribution is -2.14. The number of hydrogen-bond acceptors (Lipinski definition) is 6. The molecule has 118 valence electrons. The van der Waals surface area contributed by atoms with E-state index >= 15 is 0 Å². The van der Waals surface area contributed by atoms with Crippen LogP contribution in [0.15, 0.2) is 46.7 Å². The van der Waals surface area contributed by atoms with Crippen molar-refractivity contribution < 1.29 is 4.79 Å². The van der Waals surface area contributed by atoms with Crippen LogP contribution in [0.25, 0.3) is 11.0 Å². The van der Waals surface area contributed by atoms with E-state index in [4.69, 9.17) is 0 Å². The van der Waals surface area contributed by atoms with Crippen LogP contribution >= 0.6 is 23.5 Å². The second-order valence-electron chi connectivity index (χ2n) is 4.75. The number of rotatable bonds is 5. The number of carbonyl (C=O) groups excluding carboxylic acids is 1. The second-order valence-corrected chi connectivity index (χ2v) is 6.60. The van der Waals surface area contributed by atoms with Crippen molar-refractivity contribution in [2.45, 2.75) is 9.92 Å². The lowest BCUT2D eigenvalue weighted by molar-refractivity contribution is -0.113. The van der Waals surface area contributed by atoms with Gasteiger partial charge in [0.2, 0.25) is 5.91 Å². The first-order valence-electron chi connectivity index (χ1n) is 6.87. The van der Waals surface area contributed by atoms with Crippen molar-refractivity contribution in [3.05, 3.63) is 36.8 Å². The fourth-order valence-corrected chi connectivity index (χ4v) is 3.31. The zero-order valence-electron chi connectivity index (χ0n) is 12.7. The third-order valence-corrected chi connectivity index (χ3v) is 4.92. The van der Waals surface area contributed by atoms with Gasteiger partial charge in [0.1, 0.15) is 11.4 Å². The van der Waals surface area contributed by atoms with Crippen molar-refractivity contribution >= 4 is 46.2 Å². The minimum absolute atomic E-state index is 0.0658. The van der Waals surface area contributed by atoms with Crippen molar-refractivity contribution in [2.75, 3.05) is 17.3 Å². The average Bonchev–Trinajstić information content (AvgIpc) is 2.95. The van der Waals surface area contributed by atoms with E-state index in [1.165, 1.54) is 18.1 Å². The highest BCUT2D eigenvalue weighted by atomic mass is 32.2. The summed E-state index contributed by atoms with van der Waals surface area (Å²) in [5, 5.41) is 8.69. The summed E-state index contributed by atoms with van der Waals surface area (Å²) >= 11 is 3.02. The van der Waals surface area contributed by atoms with Gasteiger partial charge in [-0.2, -0.15) is 5.10 Å². The smallest absolute Gasteiger partial charge is 0.234 e. The molecule has 0 spiro atoms. The van der Waals surface area contributed by atoms with Crippen LogP contribution in [0.3, 0.4) is 0 Å². The molecule has 6 nitrogen and oxygen atoms in total. The molecule has 0 bridgehead atoms. The number of fused-ring (bicyclic) bond motifs is 1. The van der Waals surface area contributed by atoms with Gasteiger partial charge in [-0.1, -0.05) is 17.8 Å². The highest BCUT2D eigenvalue weighted by Crippen LogP contribution is 2.24. The average molecular weight is 345 g/mol. The van der Waals surface area contributed by atoms with Crippen LogP contribution in [0.1, 0.15) is 0 Å². The van der Waals surface area contributed by atoms with Crippen molar-refractivity contribution in [1.82, 2.24) is 19.7 Å². The zero-order valence-corrected chi connectivity index (χ0v) is 14.3. The molecule has 1 N–H and O–H groups in total. The number of anilines is 1. The molecule has 2 heterocycles. The quantitative estimate of drug-likeness (QED) is 0.566. The third kappa shape index (κ3) is 3.65. The molecule has 2 aromatic heterocycles. The van der Waals surface area contributed by atoms with Gasteiger partial charge in [-0.05, 0) is 24.5 Å². The molecule has 1 amide bonds. The van der Waals surface area contributed by atoms with Crippen LogP contribution in [0, 0.1) is 0 Å². The summed E-state index contributed by atoms with van der Waals surface area (Å²) in [4.78, 5) is 21.7. The number of nitrogens with one attached hydrogen (secondary N) is 1. The summed E-state index contributed by atoms with van der Waals surface area (Å²) in [6.07, 6.45) is 5.22. The third-order valence-electron chi connectivity index (χ3n) is 3.19. The van der Waals surface area contributed by atoms with Gasteiger partial charge < -0.3 is 5.32 Å². The van der Waals surface area contributed by atoms with E-state index in [1.54, 1.807) is 22.6 Å². The van der Waals surface area contributed by atoms with Crippen molar-refractivity contribution in [2.24, 2.45) is 7.05 Å². The normalized spacial score (nSPS) is 10.9. The first-order chi connectivity index (χ1) is 11.2. The molecule has 23 heavy (non-hydrogen) atoms.